The van der Waals surface area contributed by atoms with E-state index in [-0.39, 0.29) is 5.84 Å². The van der Waals surface area contributed by atoms with Crippen LogP contribution in [-0.4, -0.2) is 23.5 Å². The molecule has 2 heterocycles. The van der Waals surface area contributed by atoms with Gasteiger partial charge in [0.25, 0.3) is 0 Å². The SMILES string of the molecule is CCOc1nc(C2=NC(=O)N=N2)cc2ccccc12. The lowest BCUT2D eigenvalue weighted by Gasteiger charge is -2.08. The monoisotopic (exact) mass is 254 g/mol. The van der Waals surface area contributed by atoms with E-state index in [2.05, 4.69) is 20.2 Å². The first-order valence-electron chi connectivity index (χ1n) is 5.85. The zero-order valence-corrected chi connectivity index (χ0v) is 10.2. The fourth-order valence-electron chi connectivity index (χ4n) is 1.86. The molecule has 0 bridgehead atoms. The number of amidine groups is 1. The third-order valence-electron chi connectivity index (χ3n) is 2.65. The maximum atomic E-state index is 11.0. The number of rotatable bonds is 3. The summed E-state index contributed by atoms with van der Waals surface area (Å²) in [5.41, 5.74) is 0.483. The minimum absolute atomic E-state index is 0.219. The van der Waals surface area contributed by atoms with E-state index in [4.69, 9.17) is 4.74 Å². The summed E-state index contributed by atoms with van der Waals surface area (Å²) < 4.78 is 5.52. The molecule has 0 saturated carbocycles. The zero-order valence-electron chi connectivity index (χ0n) is 10.2. The molecule has 0 unspecified atom stereocenters. The zero-order chi connectivity index (χ0) is 13.2. The summed E-state index contributed by atoms with van der Waals surface area (Å²) in [6.07, 6.45) is 0. The van der Waals surface area contributed by atoms with Crippen molar-refractivity contribution >= 4 is 22.6 Å². The first-order valence-corrected chi connectivity index (χ1v) is 5.85. The third-order valence-corrected chi connectivity index (χ3v) is 2.65. The molecular weight excluding hydrogens is 244 g/mol. The van der Waals surface area contributed by atoms with Crippen LogP contribution in [0, 0.1) is 0 Å². The Labute approximate surface area is 108 Å². The molecule has 0 aliphatic carbocycles. The number of hydrogen-bond donors (Lipinski definition) is 0. The van der Waals surface area contributed by atoms with Crippen molar-refractivity contribution in [2.75, 3.05) is 6.61 Å². The number of carbonyl (C=O) groups excluding carboxylic acids is 1. The summed E-state index contributed by atoms with van der Waals surface area (Å²) in [4.78, 5) is 19.0. The number of pyridine rings is 1. The van der Waals surface area contributed by atoms with Gasteiger partial charge in [-0.1, -0.05) is 23.3 Å². The summed E-state index contributed by atoms with van der Waals surface area (Å²) in [7, 11) is 0. The first kappa shape index (κ1) is 11.5. The summed E-state index contributed by atoms with van der Waals surface area (Å²) in [5.74, 6) is 0.726. The van der Waals surface area contributed by atoms with Crippen molar-refractivity contribution in [1.82, 2.24) is 4.98 Å². The molecular formula is C13H10N4O2. The Morgan fingerprint density at radius 2 is 2.05 bits per heavy atom. The van der Waals surface area contributed by atoms with E-state index in [1.54, 1.807) is 0 Å². The largest absolute Gasteiger partial charge is 0.478 e. The molecule has 1 aliphatic heterocycles. The van der Waals surface area contributed by atoms with Gasteiger partial charge in [0.2, 0.25) is 11.7 Å². The molecule has 0 fully saturated rings. The van der Waals surface area contributed by atoms with Gasteiger partial charge in [0.15, 0.2) is 0 Å². The Hall–Kier alpha value is -2.63. The average Bonchev–Trinajstić information content (AvgIpc) is 2.86. The predicted molar refractivity (Wildman–Crippen MR) is 69.7 cm³/mol. The van der Waals surface area contributed by atoms with E-state index in [0.717, 1.165) is 10.8 Å². The minimum atomic E-state index is -0.608. The van der Waals surface area contributed by atoms with Gasteiger partial charge in [-0.05, 0) is 24.4 Å². The Kier molecular flexibility index (Phi) is 2.75. The quantitative estimate of drug-likeness (QED) is 0.844. The van der Waals surface area contributed by atoms with E-state index in [1.165, 1.54) is 0 Å². The number of ether oxygens (including phenoxy) is 1. The Morgan fingerprint density at radius 3 is 2.79 bits per heavy atom. The van der Waals surface area contributed by atoms with Gasteiger partial charge in [-0.3, -0.25) is 0 Å². The normalized spacial score (nSPS) is 13.9. The highest BCUT2D eigenvalue weighted by atomic mass is 16.5. The second kappa shape index (κ2) is 4.56. The van der Waals surface area contributed by atoms with Crippen molar-refractivity contribution in [1.29, 1.82) is 0 Å². The molecule has 6 nitrogen and oxygen atoms in total. The number of urea groups is 1. The molecule has 2 aromatic rings. The van der Waals surface area contributed by atoms with Crippen molar-refractivity contribution in [3.8, 4) is 5.88 Å². The third kappa shape index (κ3) is 2.08. The summed E-state index contributed by atoms with van der Waals surface area (Å²) in [5, 5.41) is 8.92. The molecule has 0 atom stereocenters. The van der Waals surface area contributed by atoms with Gasteiger partial charge in [-0.25, -0.2) is 9.78 Å². The molecule has 0 N–H and O–H groups in total. The van der Waals surface area contributed by atoms with Crippen LogP contribution in [0.3, 0.4) is 0 Å². The molecule has 19 heavy (non-hydrogen) atoms. The van der Waals surface area contributed by atoms with E-state index < -0.39 is 6.03 Å². The minimum Gasteiger partial charge on any atom is -0.478 e. The number of amides is 2. The van der Waals surface area contributed by atoms with Crippen LogP contribution in [0.1, 0.15) is 12.6 Å². The highest BCUT2D eigenvalue weighted by molar-refractivity contribution is 6.09. The average molecular weight is 254 g/mol. The topological polar surface area (TPSA) is 76.3 Å². The maximum Gasteiger partial charge on any atom is 0.387 e. The number of hydrogen-bond acceptors (Lipinski definition) is 4. The van der Waals surface area contributed by atoms with Crippen LogP contribution in [0.5, 0.6) is 5.88 Å². The number of benzene rings is 1. The number of azo groups is 1. The summed E-state index contributed by atoms with van der Waals surface area (Å²) in [6, 6.07) is 8.92. The van der Waals surface area contributed by atoms with E-state index in [9.17, 15) is 4.79 Å². The Morgan fingerprint density at radius 1 is 1.21 bits per heavy atom. The molecule has 1 aliphatic rings. The van der Waals surface area contributed by atoms with Gasteiger partial charge >= 0.3 is 6.03 Å². The lowest BCUT2D eigenvalue weighted by Crippen LogP contribution is -2.03. The van der Waals surface area contributed by atoms with Gasteiger partial charge in [-0.2, -0.15) is 4.99 Å². The molecule has 6 heteroatoms. The molecule has 0 spiro atoms. The number of nitrogens with zero attached hydrogens (tertiary/aromatic N) is 4. The lowest BCUT2D eigenvalue weighted by atomic mass is 10.1. The van der Waals surface area contributed by atoms with Crippen LogP contribution in [0.25, 0.3) is 10.8 Å². The second-order valence-corrected chi connectivity index (χ2v) is 3.88. The number of fused-ring (bicyclic) bond motifs is 1. The van der Waals surface area contributed by atoms with Gasteiger partial charge < -0.3 is 4.74 Å². The molecule has 94 valence electrons. The Balaban J connectivity index is 2.19. The molecule has 1 aromatic carbocycles. The van der Waals surface area contributed by atoms with Crippen LogP contribution >= 0.6 is 0 Å². The van der Waals surface area contributed by atoms with Gasteiger partial charge in [0.05, 0.1) is 6.61 Å². The van der Waals surface area contributed by atoms with E-state index in [1.807, 2.05) is 37.3 Å². The van der Waals surface area contributed by atoms with Crippen LogP contribution in [-0.2, 0) is 0 Å². The van der Waals surface area contributed by atoms with Crippen molar-refractivity contribution in [3.05, 3.63) is 36.0 Å². The fourth-order valence-corrected chi connectivity index (χ4v) is 1.86. The van der Waals surface area contributed by atoms with Gasteiger partial charge in [0.1, 0.15) is 5.69 Å². The number of aliphatic imine (C=N–C) groups is 1. The van der Waals surface area contributed by atoms with Crippen LogP contribution in [0.4, 0.5) is 4.79 Å². The Bertz CT molecular complexity index is 722. The molecule has 0 saturated heterocycles. The molecule has 0 radical (unpaired) electrons. The number of carbonyl (C=O) groups is 1. The van der Waals surface area contributed by atoms with Crippen LogP contribution in [0.2, 0.25) is 0 Å². The van der Waals surface area contributed by atoms with Crippen molar-refractivity contribution < 1.29 is 9.53 Å². The second-order valence-electron chi connectivity index (χ2n) is 3.88. The van der Waals surface area contributed by atoms with E-state index >= 15 is 0 Å². The van der Waals surface area contributed by atoms with Crippen molar-refractivity contribution in [2.24, 2.45) is 15.2 Å². The summed E-state index contributed by atoms with van der Waals surface area (Å²) in [6.45, 7) is 2.40. The number of aromatic nitrogens is 1. The van der Waals surface area contributed by atoms with Gasteiger partial charge in [-0.15, -0.1) is 5.11 Å². The highest BCUT2D eigenvalue weighted by Crippen LogP contribution is 2.25. The lowest BCUT2D eigenvalue weighted by molar-refractivity contribution is 0.257. The molecule has 3 rings (SSSR count). The van der Waals surface area contributed by atoms with Gasteiger partial charge in [0, 0.05) is 5.39 Å². The summed E-state index contributed by atoms with van der Waals surface area (Å²) >= 11 is 0. The van der Waals surface area contributed by atoms with Crippen LogP contribution in [0.15, 0.2) is 45.6 Å². The smallest absolute Gasteiger partial charge is 0.387 e. The van der Waals surface area contributed by atoms with Crippen LogP contribution < -0.4 is 4.74 Å². The molecule has 1 aromatic heterocycles. The standard InChI is InChI=1S/C13H10N4O2/c1-2-19-12-9-6-4-3-5-8(9)7-10(14-12)11-15-13(18)17-16-11/h3-7H,2H2,1H3. The maximum absolute atomic E-state index is 11.0. The fraction of sp³-hybridized carbons (Fsp3) is 0.154. The van der Waals surface area contributed by atoms with Crippen molar-refractivity contribution in [3.63, 3.8) is 0 Å². The highest BCUT2D eigenvalue weighted by Gasteiger charge is 2.16. The van der Waals surface area contributed by atoms with Crippen molar-refractivity contribution in [2.45, 2.75) is 6.92 Å². The predicted octanol–water partition coefficient (Wildman–Crippen LogP) is 2.97. The molecule has 2 amide bonds. The first-order chi connectivity index (χ1) is 9.28. The van der Waals surface area contributed by atoms with E-state index in [0.29, 0.717) is 18.2 Å².